The summed E-state index contributed by atoms with van der Waals surface area (Å²) in [5.41, 5.74) is 7.45. The number of carbonyl (C=O) groups is 2. The van der Waals surface area contributed by atoms with E-state index in [2.05, 4.69) is 5.32 Å². The Bertz CT molecular complexity index is 671. The molecule has 0 bridgehead atoms. The van der Waals surface area contributed by atoms with Crippen LogP contribution >= 0.6 is 0 Å². The molecule has 0 saturated carbocycles. The summed E-state index contributed by atoms with van der Waals surface area (Å²) < 4.78 is 5.06. The normalized spacial score (nSPS) is 11.5. The van der Waals surface area contributed by atoms with E-state index in [9.17, 15) is 9.59 Å². The average molecular weight is 312 g/mol. The second kappa shape index (κ2) is 7.98. The molecular formula is C18H20N2O3. The van der Waals surface area contributed by atoms with E-state index in [-0.39, 0.29) is 6.61 Å². The van der Waals surface area contributed by atoms with Gasteiger partial charge in [0.25, 0.3) is 5.91 Å². The molecule has 5 nitrogen and oxygen atoms in total. The van der Waals surface area contributed by atoms with Gasteiger partial charge in [-0.2, -0.15) is 0 Å². The van der Waals surface area contributed by atoms with Crippen molar-refractivity contribution in [3.05, 3.63) is 65.7 Å². The molecule has 0 aliphatic rings. The van der Waals surface area contributed by atoms with Crippen LogP contribution in [0.1, 0.15) is 22.8 Å². The van der Waals surface area contributed by atoms with Crippen LogP contribution in [-0.2, 0) is 16.0 Å². The van der Waals surface area contributed by atoms with Gasteiger partial charge in [-0.1, -0.05) is 42.5 Å². The van der Waals surface area contributed by atoms with E-state index in [1.807, 2.05) is 30.3 Å². The standard InChI is InChI=1S/C18H20N2O3/c1-2-23-18(22)16(12-13-8-4-3-5-9-13)20-17(21)14-10-6-7-11-15(14)19/h3-11,16H,2,12,19H2,1H3,(H,20,21)/t16-/m0/s1. The van der Waals surface area contributed by atoms with E-state index >= 15 is 0 Å². The summed E-state index contributed by atoms with van der Waals surface area (Å²) in [7, 11) is 0. The number of nitrogens with one attached hydrogen (secondary N) is 1. The SMILES string of the molecule is CCOC(=O)[C@H](Cc1ccccc1)NC(=O)c1ccccc1N. The molecule has 2 aromatic carbocycles. The van der Waals surface area contributed by atoms with Crippen molar-refractivity contribution >= 4 is 17.6 Å². The van der Waals surface area contributed by atoms with Gasteiger partial charge in [-0.25, -0.2) is 4.79 Å². The number of carbonyl (C=O) groups excluding carboxylic acids is 2. The average Bonchev–Trinajstić information content (AvgIpc) is 2.55. The lowest BCUT2D eigenvalue weighted by Crippen LogP contribution is -2.43. The predicted molar refractivity (Wildman–Crippen MR) is 88.9 cm³/mol. The van der Waals surface area contributed by atoms with Gasteiger partial charge in [0.2, 0.25) is 0 Å². The minimum absolute atomic E-state index is 0.257. The van der Waals surface area contributed by atoms with Crippen molar-refractivity contribution in [2.24, 2.45) is 0 Å². The third-order valence-electron chi connectivity index (χ3n) is 3.36. The Kier molecular flexibility index (Phi) is 5.74. The van der Waals surface area contributed by atoms with E-state index in [0.717, 1.165) is 5.56 Å². The molecule has 1 atom stereocenters. The minimum Gasteiger partial charge on any atom is -0.464 e. The molecule has 2 aromatic rings. The van der Waals surface area contributed by atoms with Crippen molar-refractivity contribution in [1.29, 1.82) is 0 Å². The first-order chi connectivity index (χ1) is 11.1. The van der Waals surface area contributed by atoms with E-state index in [1.54, 1.807) is 31.2 Å². The third kappa shape index (κ3) is 4.57. The number of para-hydroxylation sites is 1. The Morgan fingerprint density at radius 1 is 1.09 bits per heavy atom. The highest BCUT2D eigenvalue weighted by molar-refractivity contribution is 6.00. The monoisotopic (exact) mass is 312 g/mol. The molecule has 0 aliphatic carbocycles. The molecule has 5 heteroatoms. The zero-order valence-corrected chi connectivity index (χ0v) is 13.0. The van der Waals surface area contributed by atoms with Gasteiger partial charge in [0.05, 0.1) is 12.2 Å². The number of rotatable bonds is 6. The maximum absolute atomic E-state index is 12.4. The fourth-order valence-corrected chi connectivity index (χ4v) is 2.23. The smallest absolute Gasteiger partial charge is 0.328 e. The lowest BCUT2D eigenvalue weighted by atomic mass is 10.1. The van der Waals surface area contributed by atoms with Gasteiger partial charge in [-0.15, -0.1) is 0 Å². The third-order valence-corrected chi connectivity index (χ3v) is 3.36. The van der Waals surface area contributed by atoms with Gasteiger partial charge in [0, 0.05) is 12.1 Å². The Morgan fingerprint density at radius 3 is 2.39 bits per heavy atom. The van der Waals surface area contributed by atoms with Crippen LogP contribution in [0.4, 0.5) is 5.69 Å². The molecule has 0 fully saturated rings. The zero-order chi connectivity index (χ0) is 16.7. The molecular weight excluding hydrogens is 292 g/mol. The Labute approximate surface area is 135 Å². The summed E-state index contributed by atoms with van der Waals surface area (Å²) in [6.07, 6.45) is 0.359. The van der Waals surface area contributed by atoms with Gasteiger partial charge in [-0.05, 0) is 24.6 Å². The van der Waals surface area contributed by atoms with E-state index in [1.165, 1.54) is 0 Å². The van der Waals surface area contributed by atoms with Crippen LogP contribution in [-0.4, -0.2) is 24.5 Å². The zero-order valence-electron chi connectivity index (χ0n) is 13.0. The van der Waals surface area contributed by atoms with Crippen molar-refractivity contribution in [3.63, 3.8) is 0 Å². The molecule has 0 saturated heterocycles. The van der Waals surface area contributed by atoms with Gasteiger partial charge in [0.15, 0.2) is 0 Å². The van der Waals surface area contributed by atoms with Crippen LogP contribution in [0.2, 0.25) is 0 Å². The van der Waals surface area contributed by atoms with Crippen molar-refractivity contribution in [1.82, 2.24) is 5.32 Å². The molecule has 0 heterocycles. The highest BCUT2D eigenvalue weighted by Gasteiger charge is 2.23. The van der Waals surface area contributed by atoms with Crippen molar-refractivity contribution in [2.45, 2.75) is 19.4 Å². The van der Waals surface area contributed by atoms with Gasteiger partial charge < -0.3 is 15.8 Å². The Morgan fingerprint density at radius 2 is 1.74 bits per heavy atom. The molecule has 0 aromatic heterocycles. The van der Waals surface area contributed by atoms with Gasteiger partial charge >= 0.3 is 5.97 Å². The summed E-state index contributed by atoms with van der Waals surface area (Å²) in [4.78, 5) is 24.5. The number of anilines is 1. The highest BCUT2D eigenvalue weighted by atomic mass is 16.5. The van der Waals surface area contributed by atoms with Gasteiger partial charge in [0.1, 0.15) is 6.04 Å². The van der Waals surface area contributed by atoms with Crippen LogP contribution in [0.25, 0.3) is 0 Å². The highest BCUT2D eigenvalue weighted by Crippen LogP contribution is 2.12. The maximum Gasteiger partial charge on any atom is 0.328 e. The van der Waals surface area contributed by atoms with Crippen molar-refractivity contribution < 1.29 is 14.3 Å². The minimum atomic E-state index is -0.760. The summed E-state index contributed by atoms with van der Waals surface area (Å²) in [5, 5.41) is 2.71. The van der Waals surface area contributed by atoms with Crippen LogP contribution in [0, 0.1) is 0 Å². The number of ether oxygens (including phenoxy) is 1. The summed E-state index contributed by atoms with van der Waals surface area (Å²) >= 11 is 0. The Hall–Kier alpha value is -2.82. The largest absolute Gasteiger partial charge is 0.464 e. The molecule has 0 unspecified atom stereocenters. The summed E-state index contributed by atoms with van der Waals surface area (Å²) in [6.45, 7) is 1.99. The molecule has 1 amide bonds. The number of amides is 1. The number of nitrogen functional groups attached to an aromatic ring is 1. The first-order valence-corrected chi connectivity index (χ1v) is 7.47. The molecule has 0 spiro atoms. The molecule has 120 valence electrons. The van der Waals surface area contributed by atoms with Crippen LogP contribution in [0.5, 0.6) is 0 Å². The molecule has 0 radical (unpaired) electrons. The lowest BCUT2D eigenvalue weighted by Gasteiger charge is -2.18. The number of esters is 1. The fraction of sp³-hybridized carbons (Fsp3) is 0.222. The number of hydrogen-bond donors (Lipinski definition) is 2. The number of nitrogens with two attached hydrogens (primary N) is 1. The second-order valence-corrected chi connectivity index (χ2v) is 5.06. The predicted octanol–water partition coefficient (Wildman–Crippen LogP) is 2.17. The van der Waals surface area contributed by atoms with E-state index in [0.29, 0.717) is 17.7 Å². The van der Waals surface area contributed by atoms with E-state index < -0.39 is 17.9 Å². The van der Waals surface area contributed by atoms with Crippen LogP contribution < -0.4 is 11.1 Å². The van der Waals surface area contributed by atoms with E-state index in [4.69, 9.17) is 10.5 Å². The fourth-order valence-electron chi connectivity index (χ4n) is 2.23. The second-order valence-electron chi connectivity index (χ2n) is 5.06. The number of hydrogen-bond acceptors (Lipinski definition) is 4. The number of benzene rings is 2. The molecule has 0 aliphatic heterocycles. The van der Waals surface area contributed by atoms with Crippen molar-refractivity contribution in [2.75, 3.05) is 12.3 Å². The summed E-state index contributed by atoms with van der Waals surface area (Å²) in [5.74, 6) is -0.851. The van der Waals surface area contributed by atoms with Gasteiger partial charge in [-0.3, -0.25) is 4.79 Å². The lowest BCUT2D eigenvalue weighted by molar-refractivity contribution is -0.145. The summed E-state index contributed by atoms with van der Waals surface area (Å²) in [6, 6.07) is 15.4. The first kappa shape index (κ1) is 16.5. The first-order valence-electron chi connectivity index (χ1n) is 7.47. The maximum atomic E-state index is 12.4. The Balaban J connectivity index is 2.15. The van der Waals surface area contributed by atoms with Crippen molar-refractivity contribution in [3.8, 4) is 0 Å². The van der Waals surface area contributed by atoms with Crippen LogP contribution in [0.15, 0.2) is 54.6 Å². The molecule has 23 heavy (non-hydrogen) atoms. The quantitative estimate of drug-likeness (QED) is 0.633. The molecule has 3 N–H and O–H groups in total. The molecule has 2 rings (SSSR count). The topological polar surface area (TPSA) is 81.4 Å². The van der Waals surface area contributed by atoms with Crippen LogP contribution in [0.3, 0.4) is 0 Å².